The third-order valence-electron chi connectivity index (χ3n) is 1.61. The molecule has 0 saturated carbocycles. The lowest BCUT2D eigenvalue weighted by Crippen LogP contribution is -1.88. The van der Waals surface area contributed by atoms with Crippen molar-refractivity contribution in [2.45, 2.75) is 17.1 Å². The van der Waals surface area contributed by atoms with Gasteiger partial charge in [0.05, 0.1) is 11.3 Å². The van der Waals surface area contributed by atoms with Gasteiger partial charge in [0.1, 0.15) is 0 Å². The Balaban J connectivity index is 2.70. The normalized spacial score (nSPS) is 11.7. The smallest absolute Gasteiger partial charge is 0.0935 e. The fraction of sp³-hybridized carbons (Fsp3) is 0.182. The standard InChI is InChI=1S/C11H11NS/c1-3-10-4-6-11(7-5-10)13-9(2)8-12/h3-7,9H,1H2,2H3. The molecule has 0 radical (unpaired) electrons. The first-order valence-corrected chi connectivity index (χ1v) is 4.93. The molecule has 0 heterocycles. The van der Waals surface area contributed by atoms with Crippen LogP contribution in [0.1, 0.15) is 12.5 Å². The molecule has 2 heteroatoms. The summed E-state index contributed by atoms with van der Waals surface area (Å²) < 4.78 is 0. The van der Waals surface area contributed by atoms with E-state index in [1.807, 2.05) is 37.3 Å². The van der Waals surface area contributed by atoms with Gasteiger partial charge >= 0.3 is 0 Å². The Morgan fingerprint density at radius 2 is 2.08 bits per heavy atom. The van der Waals surface area contributed by atoms with E-state index in [2.05, 4.69) is 12.6 Å². The molecule has 1 rings (SSSR count). The first-order chi connectivity index (χ1) is 6.26. The Hall–Kier alpha value is -1.20. The van der Waals surface area contributed by atoms with Gasteiger partial charge in [-0.3, -0.25) is 0 Å². The Bertz CT molecular complexity index is 321. The van der Waals surface area contributed by atoms with Crippen molar-refractivity contribution >= 4 is 17.8 Å². The van der Waals surface area contributed by atoms with Crippen molar-refractivity contribution in [3.63, 3.8) is 0 Å². The predicted octanol–water partition coefficient (Wildman–Crippen LogP) is 3.33. The molecule has 1 aromatic carbocycles. The summed E-state index contributed by atoms with van der Waals surface area (Å²) in [6, 6.07) is 10.2. The molecule has 0 fully saturated rings. The molecule has 1 nitrogen and oxygen atoms in total. The maximum atomic E-state index is 8.61. The minimum absolute atomic E-state index is 0.00887. The van der Waals surface area contributed by atoms with Crippen molar-refractivity contribution in [1.29, 1.82) is 5.26 Å². The van der Waals surface area contributed by atoms with E-state index in [0.29, 0.717) is 0 Å². The van der Waals surface area contributed by atoms with Crippen LogP contribution in [0.2, 0.25) is 0 Å². The Kier molecular flexibility index (Phi) is 3.60. The van der Waals surface area contributed by atoms with Crippen LogP contribution in [0, 0.1) is 11.3 Å². The van der Waals surface area contributed by atoms with Gasteiger partial charge in [0.2, 0.25) is 0 Å². The fourth-order valence-corrected chi connectivity index (χ4v) is 1.67. The van der Waals surface area contributed by atoms with E-state index in [0.717, 1.165) is 10.5 Å². The van der Waals surface area contributed by atoms with Crippen molar-refractivity contribution in [1.82, 2.24) is 0 Å². The highest BCUT2D eigenvalue weighted by Crippen LogP contribution is 2.22. The average Bonchev–Trinajstić information content (AvgIpc) is 2.19. The maximum Gasteiger partial charge on any atom is 0.0935 e. The molecule has 0 aromatic heterocycles. The zero-order valence-corrected chi connectivity index (χ0v) is 8.34. The second-order valence-electron chi connectivity index (χ2n) is 2.66. The molecule has 1 atom stereocenters. The Morgan fingerprint density at radius 1 is 1.46 bits per heavy atom. The molecule has 66 valence electrons. The lowest BCUT2D eigenvalue weighted by Gasteiger charge is -2.02. The quantitative estimate of drug-likeness (QED) is 0.681. The average molecular weight is 189 g/mol. The zero-order chi connectivity index (χ0) is 9.68. The highest BCUT2D eigenvalue weighted by Gasteiger charge is 2.00. The highest BCUT2D eigenvalue weighted by molar-refractivity contribution is 8.00. The van der Waals surface area contributed by atoms with Gasteiger partial charge in [-0.2, -0.15) is 5.26 Å². The van der Waals surface area contributed by atoms with Gasteiger partial charge in [0.15, 0.2) is 0 Å². The van der Waals surface area contributed by atoms with Gasteiger partial charge in [0, 0.05) is 4.90 Å². The Morgan fingerprint density at radius 3 is 2.54 bits per heavy atom. The molecule has 1 unspecified atom stereocenters. The van der Waals surface area contributed by atoms with Crippen LogP contribution in [-0.2, 0) is 0 Å². The molecule has 0 spiro atoms. The van der Waals surface area contributed by atoms with Crippen molar-refractivity contribution < 1.29 is 0 Å². The minimum Gasteiger partial charge on any atom is -0.197 e. The number of hydrogen-bond donors (Lipinski definition) is 0. The van der Waals surface area contributed by atoms with Crippen LogP contribution in [0.5, 0.6) is 0 Å². The summed E-state index contributed by atoms with van der Waals surface area (Å²) in [6.07, 6.45) is 1.81. The summed E-state index contributed by atoms with van der Waals surface area (Å²) in [6.45, 7) is 5.57. The second-order valence-corrected chi connectivity index (χ2v) is 4.08. The first kappa shape index (κ1) is 9.88. The summed E-state index contributed by atoms with van der Waals surface area (Å²) in [5.41, 5.74) is 1.11. The number of thioether (sulfide) groups is 1. The maximum absolute atomic E-state index is 8.61. The highest BCUT2D eigenvalue weighted by atomic mass is 32.2. The minimum atomic E-state index is 0.00887. The van der Waals surface area contributed by atoms with E-state index in [-0.39, 0.29) is 5.25 Å². The molecule has 0 amide bonds. The number of hydrogen-bond acceptors (Lipinski definition) is 2. The van der Waals surface area contributed by atoms with Crippen LogP contribution >= 0.6 is 11.8 Å². The molecular formula is C11H11NS. The van der Waals surface area contributed by atoms with Crippen LogP contribution in [0.25, 0.3) is 6.08 Å². The third kappa shape index (κ3) is 2.96. The molecule has 0 N–H and O–H groups in total. The SMILES string of the molecule is C=Cc1ccc(SC(C)C#N)cc1. The molecule has 0 aliphatic carbocycles. The molecule has 0 bridgehead atoms. The van der Waals surface area contributed by atoms with Crippen molar-refractivity contribution in [3.05, 3.63) is 36.4 Å². The molecule has 1 aromatic rings. The predicted molar refractivity (Wildman–Crippen MR) is 57.5 cm³/mol. The topological polar surface area (TPSA) is 23.8 Å². The number of rotatable bonds is 3. The van der Waals surface area contributed by atoms with Gasteiger partial charge in [0.25, 0.3) is 0 Å². The van der Waals surface area contributed by atoms with Crippen molar-refractivity contribution in [3.8, 4) is 6.07 Å². The lowest BCUT2D eigenvalue weighted by molar-refractivity contribution is 1.23. The van der Waals surface area contributed by atoms with E-state index in [4.69, 9.17) is 5.26 Å². The summed E-state index contributed by atoms with van der Waals surface area (Å²) >= 11 is 1.57. The zero-order valence-electron chi connectivity index (χ0n) is 7.53. The lowest BCUT2D eigenvalue weighted by atomic mass is 10.2. The third-order valence-corrected chi connectivity index (χ3v) is 2.61. The van der Waals surface area contributed by atoms with E-state index in [1.54, 1.807) is 11.8 Å². The Labute approximate surface area is 83.1 Å². The summed E-state index contributed by atoms with van der Waals surface area (Å²) in [7, 11) is 0. The summed E-state index contributed by atoms with van der Waals surface area (Å²) in [5.74, 6) is 0. The fourth-order valence-electron chi connectivity index (χ4n) is 0.913. The molecular weight excluding hydrogens is 178 g/mol. The van der Waals surface area contributed by atoms with Crippen LogP contribution in [0.4, 0.5) is 0 Å². The van der Waals surface area contributed by atoms with Crippen LogP contribution in [0.15, 0.2) is 35.7 Å². The van der Waals surface area contributed by atoms with Gasteiger partial charge in [-0.15, -0.1) is 11.8 Å². The molecule has 13 heavy (non-hydrogen) atoms. The van der Waals surface area contributed by atoms with Gasteiger partial charge in [-0.25, -0.2) is 0 Å². The number of nitriles is 1. The number of benzene rings is 1. The van der Waals surface area contributed by atoms with E-state index in [1.165, 1.54) is 0 Å². The van der Waals surface area contributed by atoms with Crippen LogP contribution < -0.4 is 0 Å². The van der Waals surface area contributed by atoms with Gasteiger partial charge < -0.3 is 0 Å². The molecule has 0 aliphatic heterocycles. The van der Waals surface area contributed by atoms with Crippen molar-refractivity contribution in [2.75, 3.05) is 0 Å². The summed E-state index contributed by atoms with van der Waals surface area (Å²) in [5, 5.41) is 8.62. The summed E-state index contributed by atoms with van der Waals surface area (Å²) in [4.78, 5) is 1.12. The van der Waals surface area contributed by atoms with Crippen molar-refractivity contribution in [2.24, 2.45) is 0 Å². The van der Waals surface area contributed by atoms with Crippen LogP contribution in [0.3, 0.4) is 0 Å². The number of nitrogens with zero attached hydrogens (tertiary/aromatic N) is 1. The second kappa shape index (κ2) is 4.74. The van der Waals surface area contributed by atoms with E-state index in [9.17, 15) is 0 Å². The van der Waals surface area contributed by atoms with Gasteiger partial charge in [-0.1, -0.05) is 24.8 Å². The molecule has 0 saturated heterocycles. The van der Waals surface area contributed by atoms with Gasteiger partial charge in [-0.05, 0) is 24.6 Å². The molecule has 0 aliphatic rings. The largest absolute Gasteiger partial charge is 0.197 e. The monoisotopic (exact) mass is 189 g/mol. The van der Waals surface area contributed by atoms with E-state index < -0.39 is 0 Å². The van der Waals surface area contributed by atoms with E-state index >= 15 is 0 Å². The first-order valence-electron chi connectivity index (χ1n) is 4.05. The van der Waals surface area contributed by atoms with Crippen LogP contribution in [-0.4, -0.2) is 5.25 Å².